The molecule has 26 heavy (non-hydrogen) atoms. The molecular formula is C18H23N3O4S. The molecule has 1 aromatic carbocycles. The maximum Gasteiger partial charge on any atom is 0.246 e. The van der Waals surface area contributed by atoms with E-state index in [1.165, 1.54) is 31.9 Å². The van der Waals surface area contributed by atoms with Crippen molar-refractivity contribution in [2.75, 3.05) is 26.0 Å². The van der Waals surface area contributed by atoms with Gasteiger partial charge < -0.3 is 9.26 Å². The van der Waals surface area contributed by atoms with Crippen molar-refractivity contribution in [2.45, 2.75) is 42.7 Å². The van der Waals surface area contributed by atoms with E-state index in [-0.39, 0.29) is 10.9 Å². The van der Waals surface area contributed by atoms with Gasteiger partial charge in [-0.15, -0.1) is 0 Å². The van der Waals surface area contributed by atoms with Gasteiger partial charge >= 0.3 is 0 Å². The number of nitrogens with zero attached hydrogens (tertiary/aromatic N) is 3. The summed E-state index contributed by atoms with van der Waals surface area (Å²) < 4.78 is 34.4. The van der Waals surface area contributed by atoms with Crippen molar-refractivity contribution >= 4 is 9.84 Å². The van der Waals surface area contributed by atoms with E-state index in [2.05, 4.69) is 15.0 Å². The average Bonchev–Trinajstić information content (AvgIpc) is 3.33. The molecule has 0 amide bonds. The van der Waals surface area contributed by atoms with Crippen LogP contribution in [0.15, 0.2) is 33.7 Å². The van der Waals surface area contributed by atoms with Crippen molar-refractivity contribution in [3.63, 3.8) is 0 Å². The molecule has 2 aliphatic rings. The Morgan fingerprint density at radius 1 is 1.15 bits per heavy atom. The summed E-state index contributed by atoms with van der Waals surface area (Å²) in [6, 6.07) is 7.09. The van der Waals surface area contributed by atoms with Crippen LogP contribution in [-0.4, -0.2) is 55.5 Å². The van der Waals surface area contributed by atoms with Crippen LogP contribution in [0.25, 0.3) is 11.4 Å². The lowest BCUT2D eigenvalue weighted by Gasteiger charge is -2.37. The van der Waals surface area contributed by atoms with E-state index < -0.39 is 9.84 Å². The van der Waals surface area contributed by atoms with Crippen LogP contribution in [0.1, 0.15) is 37.6 Å². The summed E-state index contributed by atoms with van der Waals surface area (Å²) in [4.78, 5) is 7.29. The Balaban J connectivity index is 1.56. The summed E-state index contributed by atoms with van der Waals surface area (Å²) in [6.07, 6.45) is 6.16. The predicted molar refractivity (Wildman–Crippen MR) is 95.4 cm³/mol. The molecule has 1 saturated carbocycles. The van der Waals surface area contributed by atoms with Crippen LogP contribution in [0, 0.1) is 0 Å². The summed E-state index contributed by atoms with van der Waals surface area (Å²) in [5.74, 6) is 1.04. The fourth-order valence-corrected chi connectivity index (χ4v) is 4.47. The van der Waals surface area contributed by atoms with Crippen molar-refractivity contribution in [1.29, 1.82) is 0 Å². The Kier molecular flexibility index (Phi) is 4.81. The Hall–Kier alpha value is -1.77. The average molecular weight is 377 g/mol. The maximum atomic E-state index is 11.6. The molecule has 8 heteroatoms. The summed E-state index contributed by atoms with van der Waals surface area (Å²) >= 11 is 0. The smallest absolute Gasteiger partial charge is 0.246 e. The molecule has 1 unspecified atom stereocenters. The SMILES string of the molecule is CS(=O)(=O)c1ccc(-c2noc(C3COCCN3C3CCCC3)n2)cc1. The van der Waals surface area contributed by atoms with E-state index in [0.717, 1.165) is 18.7 Å². The topological polar surface area (TPSA) is 85.5 Å². The zero-order valence-electron chi connectivity index (χ0n) is 14.8. The summed E-state index contributed by atoms with van der Waals surface area (Å²) in [5.41, 5.74) is 0.733. The summed E-state index contributed by atoms with van der Waals surface area (Å²) in [6.45, 7) is 2.18. The van der Waals surface area contributed by atoms with Gasteiger partial charge in [-0.25, -0.2) is 8.42 Å². The van der Waals surface area contributed by atoms with Crippen LogP contribution < -0.4 is 0 Å². The van der Waals surface area contributed by atoms with Gasteiger partial charge in [-0.1, -0.05) is 18.0 Å². The number of hydrogen-bond acceptors (Lipinski definition) is 7. The first-order valence-electron chi connectivity index (χ1n) is 9.00. The van der Waals surface area contributed by atoms with E-state index in [4.69, 9.17) is 9.26 Å². The van der Waals surface area contributed by atoms with E-state index in [9.17, 15) is 8.42 Å². The normalized spacial score (nSPS) is 22.7. The van der Waals surface area contributed by atoms with Crippen LogP contribution in [-0.2, 0) is 14.6 Å². The molecular weight excluding hydrogens is 354 g/mol. The fourth-order valence-electron chi connectivity index (χ4n) is 3.84. The summed E-state index contributed by atoms with van der Waals surface area (Å²) in [7, 11) is -3.22. The van der Waals surface area contributed by atoms with E-state index >= 15 is 0 Å². The van der Waals surface area contributed by atoms with Crippen molar-refractivity contribution < 1.29 is 17.7 Å². The van der Waals surface area contributed by atoms with E-state index in [1.807, 2.05) is 0 Å². The third-order valence-corrected chi connectivity index (χ3v) is 6.36. The molecule has 0 N–H and O–H groups in total. The number of hydrogen-bond donors (Lipinski definition) is 0. The monoisotopic (exact) mass is 377 g/mol. The minimum absolute atomic E-state index is 0.0107. The van der Waals surface area contributed by atoms with Crippen molar-refractivity contribution in [3.05, 3.63) is 30.2 Å². The highest BCUT2D eigenvalue weighted by molar-refractivity contribution is 7.90. The number of aromatic nitrogens is 2. The lowest BCUT2D eigenvalue weighted by Crippen LogP contribution is -2.44. The molecule has 2 fully saturated rings. The van der Waals surface area contributed by atoms with Gasteiger partial charge in [-0.3, -0.25) is 4.90 Å². The second kappa shape index (κ2) is 7.09. The molecule has 2 heterocycles. The molecule has 1 aromatic heterocycles. The number of ether oxygens (including phenoxy) is 1. The Morgan fingerprint density at radius 3 is 2.58 bits per heavy atom. The second-order valence-electron chi connectivity index (χ2n) is 7.02. The zero-order valence-corrected chi connectivity index (χ0v) is 15.6. The van der Waals surface area contributed by atoms with Crippen molar-refractivity contribution in [2.24, 2.45) is 0 Å². The highest BCUT2D eigenvalue weighted by Crippen LogP contribution is 2.33. The third-order valence-electron chi connectivity index (χ3n) is 5.23. The molecule has 1 saturated heterocycles. The van der Waals surface area contributed by atoms with Gasteiger partial charge in [-0.2, -0.15) is 4.98 Å². The van der Waals surface area contributed by atoms with Crippen molar-refractivity contribution in [1.82, 2.24) is 15.0 Å². The standard InChI is InChI=1S/C18H23N3O4S/c1-26(22,23)15-8-6-13(7-9-15)17-19-18(25-20-17)16-12-24-11-10-21(16)14-4-2-3-5-14/h6-9,14,16H,2-5,10-12H2,1H3. The zero-order chi connectivity index (χ0) is 18.1. The van der Waals surface area contributed by atoms with Gasteiger partial charge in [-0.05, 0) is 37.1 Å². The number of morpholine rings is 1. The third kappa shape index (κ3) is 3.54. The Morgan fingerprint density at radius 2 is 1.88 bits per heavy atom. The fraction of sp³-hybridized carbons (Fsp3) is 0.556. The van der Waals surface area contributed by atoms with Crippen molar-refractivity contribution in [3.8, 4) is 11.4 Å². The number of sulfone groups is 1. The molecule has 0 bridgehead atoms. The molecule has 2 aromatic rings. The Labute approximate surface area is 153 Å². The quantitative estimate of drug-likeness (QED) is 0.809. The first-order chi connectivity index (χ1) is 12.5. The molecule has 1 aliphatic carbocycles. The van der Waals surface area contributed by atoms with Crippen LogP contribution in [0.3, 0.4) is 0 Å². The lowest BCUT2D eigenvalue weighted by atomic mass is 10.1. The first-order valence-corrected chi connectivity index (χ1v) is 10.9. The van der Waals surface area contributed by atoms with E-state index in [1.54, 1.807) is 24.3 Å². The van der Waals surface area contributed by atoms with E-state index in [0.29, 0.717) is 24.4 Å². The molecule has 1 aliphatic heterocycles. The molecule has 4 rings (SSSR count). The van der Waals surface area contributed by atoms with Gasteiger partial charge in [0.05, 0.1) is 18.1 Å². The summed E-state index contributed by atoms with van der Waals surface area (Å²) in [5, 5.41) is 4.10. The van der Waals surface area contributed by atoms with Crippen LogP contribution in [0.4, 0.5) is 0 Å². The van der Waals surface area contributed by atoms with Crippen LogP contribution in [0.2, 0.25) is 0 Å². The van der Waals surface area contributed by atoms with Gasteiger partial charge in [0.1, 0.15) is 6.04 Å². The minimum Gasteiger partial charge on any atom is -0.378 e. The lowest BCUT2D eigenvalue weighted by molar-refractivity contribution is -0.0397. The predicted octanol–water partition coefficient (Wildman–Crippen LogP) is 2.46. The van der Waals surface area contributed by atoms with Crippen LogP contribution in [0.5, 0.6) is 0 Å². The number of rotatable bonds is 4. The second-order valence-corrected chi connectivity index (χ2v) is 9.04. The highest BCUT2D eigenvalue weighted by Gasteiger charge is 2.35. The highest BCUT2D eigenvalue weighted by atomic mass is 32.2. The van der Waals surface area contributed by atoms with Gasteiger partial charge in [0.15, 0.2) is 9.84 Å². The number of benzene rings is 1. The Bertz CT molecular complexity index is 857. The molecule has 0 spiro atoms. The molecule has 0 radical (unpaired) electrons. The largest absolute Gasteiger partial charge is 0.378 e. The van der Waals surface area contributed by atoms with Crippen LogP contribution >= 0.6 is 0 Å². The minimum atomic E-state index is -3.22. The molecule has 1 atom stereocenters. The molecule has 140 valence electrons. The maximum absolute atomic E-state index is 11.6. The van der Waals surface area contributed by atoms with Gasteiger partial charge in [0.2, 0.25) is 11.7 Å². The molecule has 7 nitrogen and oxygen atoms in total. The van der Waals surface area contributed by atoms with Gasteiger partial charge in [0.25, 0.3) is 0 Å². The van der Waals surface area contributed by atoms with Gasteiger partial charge in [0, 0.05) is 24.4 Å². The first kappa shape index (κ1) is 17.6.